The van der Waals surface area contributed by atoms with E-state index in [1.54, 1.807) is 4.90 Å². The molecule has 1 aliphatic heterocycles. The average molecular weight is 309 g/mol. The summed E-state index contributed by atoms with van der Waals surface area (Å²) in [6.45, 7) is 2.67. The Morgan fingerprint density at radius 1 is 1.45 bits per heavy atom. The average Bonchev–Trinajstić information content (AvgIpc) is 2.89. The number of nitrogens with zero attached hydrogens (tertiary/aromatic N) is 4. The number of piperazine rings is 1. The third kappa shape index (κ3) is 3.57. The summed E-state index contributed by atoms with van der Waals surface area (Å²) in [4.78, 5) is 18.4. The van der Waals surface area contributed by atoms with E-state index < -0.39 is 12.0 Å². The summed E-state index contributed by atoms with van der Waals surface area (Å²) in [6.07, 6.45) is -4.56. The molecule has 0 saturated carbocycles. The predicted molar refractivity (Wildman–Crippen MR) is 67.6 cm³/mol. The molecule has 0 unspecified atom stereocenters. The molecule has 1 aromatic heterocycles. The van der Waals surface area contributed by atoms with Crippen LogP contribution in [0, 0.1) is 0 Å². The van der Waals surface area contributed by atoms with Crippen LogP contribution >= 0.6 is 11.5 Å². The second-order valence-corrected chi connectivity index (χ2v) is 5.12. The molecule has 2 rings (SSSR count). The summed E-state index contributed by atoms with van der Waals surface area (Å²) < 4.78 is 40.5. The van der Waals surface area contributed by atoms with Crippen molar-refractivity contribution in [2.45, 2.75) is 6.18 Å². The Kier molecular flexibility index (Phi) is 4.43. The summed E-state index contributed by atoms with van der Waals surface area (Å²) in [7, 11) is 1.53. The molecule has 1 aliphatic rings. The van der Waals surface area contributed by atoms with Crippen LogP contribution in [0.25, 0.3) is 0 Å². The topological polar surface area (TPSA) is 61.4 Å². The van der Waals surface area contributed by atoms with E-state index in [2.05, 4.69) is 14.7 Å². The first-order chi connectivity index (χ1) is 9.38. The van der Waals surface area contributed by atoms with Crippen molar-refractivity contribution in [3.8, 4) is 0 Å². The number of carbonyl (C=O) groups excluding carboxylic acids is 1. The molecule has 1 saturated heterocycles. The highest BCUT2D eigenvalue weighted by atomic mass is 32.1. The maximum atomic E-state index is 12.4. The maximum absolute atomic E-state index is 12.4. The van der Waals surface area contributed by atoms with Crippen molar-refractivity contribution in [2.75, 3.05) is 44.7 Å². The Labute approximate surface area is 117 Å². The number of hydrogen-bond donors (Lipinski definition) is 1. The number of aromatic nitrogens is 2. The Balaban J connectivity index is 1.95. The molecular weight excluding hydrogens is 295 g/mol. The first-order valence-corrected chi connectivity index (χ1v) is 6.76. The minimum absolute atomic E-state index is 0.00745. The number of alkyl halides is 3. The molecule has 6 nitrogen and oxygen atoms in total. The standard InChI is InChI=1S/C10H14F3N5OS/c1-17(6-7(19)18-4-2-14-3-5-18)9-15-8(16-20-9)10(11,12)13/h14H,2-6H2,1H3. The fraction of sp³-hybridized carbons (Fsp3) is 0.700. The number of hydrogen-bond acceptors (Lipinski definition) is 6. The Bertz CT molecular complexity index is 472. The van der Waals surface area contributed by atoms with E-state index in [1.807, 2.05) is 0 Å². The van der Waals surface area contributed by atoms with Crippen molar-refractivity contribution >= 4 is 22.6 Å². The Morgan fingerprint density at radius 2 is 2.10 bits per heavy atom. The van der Waals surface area contributed by atoms with Crippen molar-refractivity contribution in [1.29, 1.82) is 0 Å². The summed E-state index contributed by atoms with van der Waals surface area (Å²) in [5.74, 6) is -1.29. The molecule has 20 heavy (non-hydrogen) atoms. The van der Waals surface area contributed by atoms with Crippen molar-refractivity contribution < 1.29 is 18.0 Å². The summed E-state index contributed by atoms with van der Waals surface area (Å²) in [6, 6.07) is 0. The van der Waals surface area contributed by atoms with Crippen LogP contribution in [-0.2, 0) is 11.0 Å². The monoisotopic (exact) mass is 309 g/mol. The van der Waals surface area contributed by atoms with Crippen LogP contribution in [0.3, 0.4) is 0 Å². The number of amides is 1. The zero-order valence-electron chi connectivity index (χ0n) is 10.8. The van der Waals surface area contributed by atoms with Gasteiger partial charge in [0, 0.05) is 44.8 Å². The van der Waals surface area contributed by atoms with E-state index in [-0.39, 0.29) is 17.6 Å². The number of anilines is 1. The lowest BCUT2D eigenvalue weighted by molar-refractivity contribution is -0.144. The van der Waals surface area contributed by atoms with Gasteiger partial charge in [-0.3, -0.25) is 4.79 Å². The molecule has 0 aromatic carbocycles. The van der Waals surface area contributed by atoms with Gasteiger partial charge in [0.1, 0.15) is 0 Å². The van der Waals surface area contributed by atoms with E-state index in [4.69, 9.17) is 0 Å². The number of rotatable bonds is 3. The van der Waals surface area contributed by atoms with Crippen LogP contribution in [0.1, 0.15) is 5.82 Å². The van der Waals surface area contributed by atoms with Crippen LogP contribution in [0.15, 0.2) is 0 Å². The first-order valence-electron chi connectivity index (χ1n) is 5.98. The van der Waals surface area contributed by atoms with Gasteiger partial charge >= 0.3 is 6.18 Å². The van der Waals surface area contributed by atoms with Gasteiger partial charge in [0.15, 0.2) is 0 Å². The van der Waals surface area contributed by atoms with Crippen LogP contribution < -0.4 is 10.2 Å². The van der Waals surface area contributed by atoms with E-state index in [9.17, 15) is 18.0 Å². The molecule has 112 valence electrons. The van der Waals surface area contributed by atoms with Crippen molar-refractivity contribution in [3.05, 3.63) is 5.82 Å². The van der Waals surface area contributed by atoms with Gasteiger partial charge in [-0.2, -0.15) is 22.5 Å². The Hall–Kier alpha value is -1.42. The van der Waals surface area contributed by atoms with Gasteiger partial charge < -0.3 is 15.1 Å². The highest BCUT2D eigenvalue weighted by molar-refractivity contribution is 7.09. The number of halogens is 3. The molecule has 0 spiro atoms. The quantitative estimate of drug-likeness (QED) is 0.877. The molecule has 2 heterocycles. The third-order valence-electron chi connectivity index (χ3n) is 2.84. The van der Waals surface area contributed by atoms with E-state index >= 15 is 0 Å². The molecule has 1 fully saturated rings. The highest BCUT2D eigenvalue weighted by Crippen LogP contribution is 2.29. The summed E-state index contributed by atoms with van der Waals surface area (Å²) >= 11 is 0.635. The van der Waals surface area contributed by atoms with Crippen molar-refractivity contribution in [1.82, 2.24) is 19.6 Å². The van der Waals surface area contributed by atoms with Crippen molar-refractivity contribution in [2.24, 2.45) is 0 Å². The molecule has 1 amide bonds. The Morgan fingerprint density at radius 3 is 2.65 bits per heavy atom. The molecule has 1 aromatic rings. The molecule has 0 aliphatic carbocycles. The lowest BCUT2D eigenvalue weighted by Crippen LogP contribution is -2.49. The van der Waals surface area contributed by atoms with Crippen LogP contribution in [-0.4, -0.2) is 59.9 Å². The highest BCUT2D eigenvalue weighted by Gasteiger charge is 2.36. The SMILES string of the molecule is CN(CC(=O)N1CCNCC1)c1nc(C(F)(F)F)ns1. The minimum atomic E-state index is -4.56. The van der Waals surface area contributed by atoms with Gasteiger partial charge in [0.25, 0.3) is 0 Å². The molecule has 10 heteroatoms. The zero-order chi connectivity index (χ0) is 14.8. The smallest absolute Gasteiger partial charge is 0.341 e. The number of carbonyl (C=O) groups is 1. The molecular formula is C10H14F3N5OS. The van der Waals surface area contributed by atoms with Crippen LogP contribution in [0.2, 0.25) is 0 Å². The first kappa shape index (κ1) is 15.0. The lowest BCUT2D eigenvalue weighted by atomic mass is 10.3. The van der Waals surface area contributed by atoms with Gasteiger partial charge in [0.2, 0.25) is 16.9 Å². The van der Waals surface area contributed by atoms with Gasteiger partial charge in [-0.25, -0.2) is 0 Å². The molecule has 0 atom stereocenters. The molecule has 0 radical (unpaired) electrons. The van der Waals surface area contributed by atoms with Crippen LogP contribution in [0.5, 0.6) is 0 Å². The number of nitrogens with one attached hydrogen (secondary N) is 1. The third-order valence-corrected chi connectivity index (χ3v) is 3.67. The largest absolute Gasteiger partial charge is 0.452 e. The predicted octanol–water partition coefficient (Wildman–Crippen LogP) is 0.425. The second-order valence-electron chi connectivity index (χ2n) is 4.39. The van der Waals surface area contributed by atoms with E-state index in [0.29, 0.717) is 24.6 Å². The van der Waals surface area contributed by atoms with Gasteiger partial charge in [-0.05, 0) is 0 Å². The number of likely N-dealkylation sites (N-methyl/N-ethyl adjacent to an activating group) is 1. The second kappa shape index (κ2) is 5.92. The van der Waals surface area contributed by atoms with E-state index in [1.165, 1.54) is 11.9 Å². The maximum Gasteiger partial charge on any atom is 0.452 e. The summed E-state index contributed by atoms with van der Waals surface area (Å²) in [5.41, 5.74) is 0. The lowest BCUT2D eigenvalue weighted by Gasteiger charge is -2.29. The summed E-state index contributed by atoms with van der Waals surface area (Å²) in [5, 5.41) is 3.21. The van der Waals surface area contributed by atoms with Crippen LogP contribution in [0.4, 0.5) is 18.3 Å². The van der Waals surface area contributed by atoms with Gasteiger partial charge in [-0.15, -0.1) is 0 Å². The molecule has 0 bridgehead atoms. The van der Waals surface area contributed by atoms with Gasteiger partial charge in [0.05, 0.1) is 6.54 Å². The fourth-order valence-corrected chi connectivity index (χ4v) is 2.41. The minimum Gasteiger partial charge on any atom is -0.341 e. The molecule has 1 N–H and O–H groups in total. The normalized spacial score (nSPS) is 16.3. The van der Waals surface area contributed by atoms with Gasteiger partial charge in [-0.1, -0.05) is 0 Å². The van der Waals surface area contributed by atoms with E-state index in [0.717, 1.165) is 13.1 Å². The zero-order valence-corrected chi connectivity index (χ0v) is 11.6. The fourth-order valence-electron chi connectivity index (χ4n) is 1.77. The van der Waals surface area contributed by atoms with Crippen molar-refractivity contribution in [3.63, 3.8) is 0 Å².